The molecule has 0 spiro atoms. The maximum atomic E-state index is 5.61. The summed E-state index contributed by atoms with van der Waals surface area (Å²) < 4.78 is 5.61. The predicted molar refractivity (Wildman–Crippen MR) is 137 cm³/mol. The van der Waals surface area contributed by atoms with Crippen molar-refractivity contribution >= 4 is 35.8 Å². The van der Waals surface area contributed by atoms with Crippen molar-refractivity contribution in [1.82, 2.24) is 20.5 Å². The molecule has 0 bridgehead atoms. The van der Waals surface area contributed by atoms with Crippen molar-refractivity contribution in [3.63, 3.8) is 0 Å². The number of ether oxygens (including phenoxy) is 1. The number of aliphatic imine (C=N–C) groups is 1. The first-order valence-corrected chi connectivity index (χ1v) is 11.3. The Balaban J connectivity index is 0.00000450. The fourth-order valence-electron chi connectivity index (χ4n) is 3.27. The molecule has 1 aromatic rings. The first-order chi connectivity index (χ1) is 14.3. The van der Waals surface area contributed by atoms with Crippen molar-refractivity contribution in [1.29, 1.82) is 0 Å². The third-order valence-corrected chi connectivity index (χ3v) is 5.12. The zero-order valence-corrected chi connectivity index (χ0v) is 21.4. The van der Waals surface area contributed by atoms with Crippen LogP contribution in [0.3, 0.4) is 0 Å². The van der Waals surface area contributed by atoms with Crippen molar-refractivity contribution < 1.29 is 4.74 Å². The van der Waals surface area contributed by atoms with Gasteiger partial charge in [0.05, 0.1) is 6.54 Å². The normalized spacial score (nSPS) is 15.0. The van der Waals surface area contributed by atoms with Crippen LogP contribution in [-0.4, -0.2) is 74.9 Å². The van der Waals surface area contributed by atoms with Gasteiger partial charge in [-0.1, -0.05) is 20.3 Å². The molecule has 0 amide bonds. The highest BCUT2D eigenvalue weighted by atomic mass is 127. The third-order valence-electron chi connectivity index (χ3n) is 5.12. The standard InChI is InChI=1S/C22H40N6O.HI/c1-4-7-16-29-17-8-10-25-22(23-5-2)26-19-20-9-11-24-21(18-20)28-14-12-27(6-3)13-15-28;/h9,11,18H,4-8,10,12-17,19H2,1-3H3,(H2,23,25,26);1H. The van der Waals surface area contributed by atoms with Gasteiger partial charge in [-0.2, -0.15) is 0 Å². The number of nitrogens with zero attached hydrogens (tertiary/aromatic N) is 4. The molecule has 0 aliphatic carbocycles. The Labute approximate surface area is 200 Å². The summed E-state index contributed by atoms with van der Waals surface area (Å²) in [5.74, 6) is 1.92. The number of piperazine rings is 1. The summed E-state index contributed by atoms with van der Waals surface area (Å²) in [5.41, 5.74) is 1.19. The number of guanidine groups is 1. The molecule has 2 N–H and O–H groups in total. The molecule has 2 rings (SSSR count). The van der Waals surface area contributed by atoms with Crippen LogP contribution in [0.25, 0.3) is 0 Å². The summed E-state index contributed by atoms with van der Waals surface area (Å²) in [6, 6.07) is 4.23. The number of nitrogens with one attached hydrogen (secondary N) is 2. The van der Waals surface area contributed by atoms with Gasteiger partial charge in [-0.25, -0.2) is 9.98 Å². The minimum Gasteiger partial charge on any atom is -0.381 e. The Bertz CT molecular complexity index is 593. The van der Waals surface area contributed by atoms with E-state index in [1.54, 1.807) is 0 Å². The number of hydrogen-bond acceptors (Lipinski definition) is 5. The maximum Gasteiger partial charge on any atom is 0.191 e. The zero-order chi connectivity index (χ0) is 20.7. The molecule has 1 aromatic heterocycles. The summed E-state index contributed by atoms with van der Waals surface area (Å²) in [6.07, 6.45) is 5.21. The van der Waals surface area contributed by atoms with Crippen LogP contribution in [0.2, 0.25) is 0 Å². The van der Waals surface area contributed by atoms with Crippen LogP contribution < -0.4 is 15.5 Å². The molecule has 1 aliphatic heterocycles. The van der Waals surface area contributed by atoms with E-state index in [9.17, 15) is 0 Å². The van der Waals surface area contributed by atoms with Gasteiger partial charge in [0.25, 0.3) is 0 Å². The van der Waals surface area contributed by atoms with Gasteiger partial charge in [0.2, 0.25) is 0 Å². The van der Waals surface area contributed by atoms with Crippen LogP contribution in [0.5, 0.6) is 0 Å². The van der Waals surface area contributed by atoms with E-state index in [0.29, 0.717) is 6.54 Å². The van der Waals surface area contributed by atoms with Crippen molar-refractivity contribution in [2.45, 2.75) is 46.6 Å². The molecule has 2 heterocycles. The summed E-state index contributed by atoms with van der Waals surface area (Å²) in [5, 5.41) is 6.72. The van der Waals surface area contributed by atoms with E-state index in [2.05, 4.69) is 58.3 Å². The lowest BCUT2D eigenvalue weighted by atomic mass is 10.2. The molecule has 0 atom stereocenters. The van der Waals surface area contributed by atoms with E-state index in [1.807, 2.05) is 6.20 Å². The Morgan fingerprint density at radius 1 is 1.10 bits per heavy atom. The van der Waals surface area contributed by atoms with E-state index in [4.69, 9.17) is 9.73 Å². The highest BCUT2D eigenvalue weighted by Crippen LogP contribution is 2.15. The predicted octanol–water partition coefficient (Wildman–Crippen LogP) is 3.10. The van der Waals surface area contributed by atoms with Crippen molar-refractivity contribution in [2.75, 3.05) is 63.9 Å². The smallest absolute Gasteiger partial charge is 0.191 e. The molecular weight excluding hydrogens is 491 g/mol. The van der Waals surface area contributed by atoms with Crippen LogP contribution in [0.15, 0.2) is 23.3 Å². The molecule has 0 saturated carbocycles. The molecule has 1 saturated heterocycles. The summed E-state index contributed by atoms with van der Waals surface area (Å²) in [7, 11) is 0. The first-order valence-electron chi connectivity index (χ1n) is 11.3. The number of unbranched alkanes of at least 4 members (excludes halogenated alkanes) is 1. The van der Waals surface area contributed by atoms with Crippen molar-refractivity contribution in [2.24, 2.45) is 4.99 Å². The second-order valence-corrected chi connectivity index (χ2v) is 7.39. The van der Waals surface area contributed by atoms with E-state index in [0.717, 1.165) is 83.6 Å². The number of likely N-dealkylation sites (N-methyl/N-ethyl adjacent to an activating group) is 1. The number of pyridine rings is 1. The van der Waals surface area contributed by atoms with Crippen LogP contribution in [0.4, 0.5) is 5.82 Å². The molecule has 0 radical (unpaired) electrons. The zero-order valence-electron chi connectivity index (χ0n) is 19.0. The SMILES string of the molecule is CCCCOCCCNC(=NCc1ccnc(N2CCN(CC)CC2)c1)NCC.I. The molecule has 0 unspecified atom stereocenters. The van der Waals surface area contributed by atoms with Gasteiger partial charge < -0.3 is 25.2 Å². The van der Waals surface area contributed by atoms with Gasteiger partial charge in [-0.3, -0.25) is 0 Å². The monoisotopic (exact) mass is 532 g/mol. The average Bonchev–Trinajstić information content (AvgIpc) is 2.77. The van der Waals surface area contributed by atoms with Crippen LogP contribution in [0, 0.1) is 0 Å². The van der Waals surface area contributed by atoms with Crippen LogP contribution >= 0.6 is 24.0 Å². The van der Waals surface area contributed by atoms with Gasteiger partial charge in [0.15, 0.2) is 5.96 Å². The van der Waals surface area contributed by atoms with E-state index < -0.39 is 0 Å². The van der Waals surface area contributed by atoms with Gasteiger partial charge in [-0.15, -0.1) is 24.0 Å². The minimum atomic E-state index is 0. The number of halogens is 1. The highest BCUT2D eigenvalue weighted by Gasteiger charge is 2.16. The fourth-order valence-corrected chi connectivity index (χ4v) is 3.27. The lowest BCUT2D eigenvalue weighted by Crippen LogP contribution is -2.46. The molecule has 172 valence electrons. The van der Waals surface area contributed by atoms with E-state index in [1.165, 1.54) is 12.0 Å². The van der Waals surface area contributed by atoms with Crippen molar-refractivity contribution in [3.8, 4) is 0 Å². The maximum absolute atomic E-state index is 5.61. The van der Waals surface area contributed by atoms with E-state index in [-0.39, 0.29) is 24.0 Å². The van der Waals surface area contributed by atoms with Crippen molar-refractivity contribution in [3.05, 3.63) is 23.9 Å². The molecule has 7 nitrogen and oxygen atoms in total. The molecule has 30 heavy (non-hydrogen) atoms. The molecular formula is C22H41IN6O. The second-order valence-electron chi connectivity index (χ2n) is 7.39. The number of aromatic nitrogens is 1. The Kier molecular flexibility index (Phi) is 14.8. The minimum absolute atomic E-state index is 0. The van der Waals surface area contributed by atoms with Gasteiger partial charge in [0.1, 0.15) is 5.82 Å². The van der Waals surface area contributed by atoms with Gasteiger partial charge in [0, 0.05) is 58.7 Å². The Morgan fingerprint density at radius 3 is 2.57 bits per heavy atom. The number of anilines is 1. The topological polar surface area (TPSA) is 65.0 Å². The number of rotatable bonds is 12. The van der Waals surface area contributed by atoms with Crippen LogP contribution in [-0.2, 0) is 11.3 Å². The summed E-state index contributed by atoms with van der Waals surface area (Å²) in [4.78, 5) is 14.2. The average molecular weight is 533 g/mol. The quantitative estimate of drug-likeness (QED) is 0.187. The molecule has 8 heteroatoms. The lowest BCUT2D eigenvalue weighted by molar-refractivity contribution is 0.129. The molecule has 0 aromatic carbocycles. The van der Waals surface area contributed by atoms with Crippen LogP contribution in [0.1, 0.15) is 45.6 Å². The summed E-state index contributed by atoms with van der Waals surface area (Å²) in [6.45, 7) is 15.9. The lowest BCUT2D eigenvalue weighted by Gasteiger charge is -2.34. The first kappa shape index (κ1) is 26.9. The van der Waals surface area contributed by atoms with Gasteiger partial charge in [-0.05, 0) is 44.0 Å². The van der Waals surface area contributed by atoms with Gasteiger partial charge >= 0.3 is 0 Å². The number of hydrogen-bond donors (Lipinski definition) is 2. The Hall–Kier alpha value is -1.13. The second kappa shape index (κ2) is 16.5. The fraction of sp³-hybridized carbons (Fsp3) is 0.727. The molecule has 1 fully saturated rings. The van der Waals surface area contributed by atoms with E-state index >= 15 is 0 Å². The molecule has 1 aliphatic rings. The third kappa shape index (κ3) is 10.3. The highest BCUT2D eigenvalue weighted by molar-refractivity contribution is 14.0. The Morgan fingerprint density at radius 2 is 1.87 bits per heavy atom. The largest absolute Gasteiger partial charge is 0.381 e. The summed E-state index contributed by atoms with van der Waals surface area (Å²) >= 11 is 0.